The molecule has 1 fully saturated rings. The Labute approximate surface area is 113 Å². The molecule has 4 heteroatoms. The second-order valence-electron chi connectivity index (χ2n) is 4.86. The van der Waals surface area contributed by atoms with Crippen molar-refractivity contribution in [2.45, 2.75) is 12.3 Å². The van der Waals surface area contributed by atoms with Gasteiger partial charge in [0.15, 0.2) is 0 Å². The summed E-state index contributed by atoms with van der Waals surface area (Å²) in [7, 11) is 1.42. The molecule has 4 nitrogen and oxygen atoms in total. The monoisotopic (exact) mass is 258 g/mol. The second kappa shape index (κ2) is 6.35. The number of hydrogen-bond donors (Lipinski definition) is 0. The topological polar surface area (TPSA) is 53.3 Å². The fourth-order valence-corrected chi connectivity index (χ4v) is 2.52. The van der Waals surface area contributed by atoms with Gasteiger partial charge in [0.2, 0.25) is 0 Å². The van der Waals surface area contributed by atoms with Crippen LogP contribution in [0.3, 0.4) is 0 Å². The van der Waals surface area contributed by atoms with Crippen molar-refractivity contribution in [2.75, 3.05) is 26.7 Å². The van der Waals surface area contributed by atoms with Crippen LogP contribution >= 0.6 is 0 Å². The molecule has 100 valence electrons. The third-order valence-electron chi connectivity index (χ3n) is 3.61. The maximum atomic E-state index is 11.5. The smallest absolute Gasteiger partial charge is 0.310 e. The summed E-state index contributed by atoms with van der Waals surface area (Å²) in [6.07, 6.45) is 0.819. The largest absolute Gasteiger partial charge is 0.469 e. The van der Waals surface area contributed by atoms with Crippen LogP contribution in [0.15, 0.2) is 30.3 Å². The third-order valence-corrected chi connectivity index (χ3v) is 3.61. The summed E-state index contributed by atoms with van der Waals surface area (Å²) in [6, 6.07) is 12.1. The molecule has 1 aliphatic heterocycles. The summed E-state index contributed by atoms with van der Waals surface area (Å²) in [5, 5.41) is 9.29. The summed E-state index contributed by atoms with van der Waals surface area (Å²) in [5.74, 6) is -0.326. The van der Waals surface area contributed by atoms with Crippen LogP contribution < -0.4 is 0 Å². The Morgan fingerprint density at radius 2 is 2.26 bits per heavy atom. The van der Waals surface area contributed by atoms with Gasteiger partial charge in [-0.05, 0) is 18.5 Å². The number of likely N-dealkylation sites (tertiary alicyclic amines) is 1. The van der Waals surface area contributed by atoms with E-state index >= 15 is 0 Å². The molecule has 2 atom stereocenters. The number of rotatable bonds is 4. The molecule has 1 aliphatic rings. The van der Waals surface area contributed by atoms with Crippen molar-refractivity contribution in [2.24, 2.45) is 5.92 Å². The lowest BCUT2D eigenvalue weighted by molar-refractivity contribution is -0.144. The van der Waals surface area contributed by atoms with Crippen molar-refractivity contribution >= 4 is 5.97 Å². The van der Waals surface area contributed by atoms with Crippen LogP contribution in [0.2, 0.25) is 0 Å². The van der Waals surface area contributed by atoms with E-state index in [-0.39, 0.29) is 17.8 Å². The van der Waals surface area contributed by atoms with Crippen LogP contribution in [0.5, 0.6) is 0 Å². The van der Waals surface area contributed by atoms with Crippen LogP contribution in [0.25, 0.3) is 0 Å². The number of carbonyl (C=O) groups excluding carboxylic acids is 1. The number of esters is 1. The number of hydrogen-bond acceptors (Lipinski definition) is 4. The van der Waals surface area contributed by atoms with Gasteiger partial charge in [0.05, 0.1) is 25.0 Å². The molecule has 0 N–H and O–H groups in total. The third kappa shape index (κ3) is 3.33. The van der Waals surface area contributed by atoms with Crippen LogP contribution in [-0.2, 0) is 9.53 Å². The molecule has 1 aromatic rings. The second-order valence-corrected chi connectivity index (χ2v) is 4.86. The molecular weight excluding hydrogens is 240 g/mol. The van der Waals surface area contributed by atoms with E-state index in [0.29, 0.717) is 13.1 Å². The van der Waals surface area contributed by atoms with Gasteiger partial charge >= 0.3 is 5.97 Å². The Hall–Kier alpha value is -1.86. The number of benzene rings is 1. The van der Waals surface area contributed by atoms with Crippen LogP contribution in [0.4, 0.5) is 0 Å². The lowest BCUT2D eigenvalue weighted by Crippen LogP contribution is -2.28. The maximum absolute atomic E-state index is 11.5. The first-order valence-corrected chi connectivity index (χ1v) is 6.49. The molecule has 0 bridgehead atoms. The first-order valence-electron chi connectivity index (χ1n) is 6.49. The molecule has 2 rings (SSSR count). The van der Waals surface area contributed by atoms with Gasteiger partial charge in [-0.2, -0.15) is 5.26 Å². The highest BCUT2D eigenvalue weighted by atomic mass is 16.5. The van der Waals surface area contributed by atoms with Gasteiger partial charge in [-0.15, -0.1) is 0 Å². The summed E-state index contributed by atoms with van der Waals surface area (Å²) in [6.45, 7) is 2.22. The normalized spacial score (nSPS) is 20.7. The van der Waals surface area contributed by atoms with Gasteiger partial charge in [0.25, 0.3) is 0 Å². The molecule has 0 amide bonds. The molecule has 0 aromatic heterocycles. The minimum Gasteiger partial charge on any atom is -0.469 e. The number of nitrogens with zero attached hydrogens (tertiary/aromatic N) is 2. The first-order chi connectivity index (χ1) is 9.24. The highest BCUT2D eigenvalue weighted by Gasteiger charge is 2.30. The Bertz CT molecular complexity index is 467. The molecule has 19 heavy (non-hydrogen) atoms. The van der Waals surface area contributed by atoms with E-state index in [1.807, 2.05) is 30.3 Å². The lowest BCUT2D eigenvalue weighted by atomic mass is 10.0. The zero-order valence-corrected chi connectivity index (χ0v) is 11.1. The Kier molecular flexibility index (Phi) is 4.53. The quantitative estimate of drug-likeness (QED) is 0.773. The maximum Gasteiger partial charge on any atom is 0.310 e. The minimum absolute atomic E-state index is 0.0416. The fraction of sp³-hybridized carbons (Fsp3) is 0.467. The highest BCUT2D eigenvalue weighted by Crippen LogP contribution is 2.22. The number of nitriles is 1. The molecular formula is C15H18N2O2. The van der Waals surface area contributed by atoms with Crippen molar-refractivity contribution in [3.8, 4) is 6.07 Å². The van der Waals surface area contributed by atoms with Gasteiger partial charge in [-0.1, -0.05) is 30.3 Å². The SMILES string of the molecule is COC(=O)C1CCN(CC(C#N)c2ccccc2)C1. The molecule has 0 spiro atoms. The molecule has 1 saturated heterocycles. The van der Waals surface area contributed by atoms with Crippen molar-refractivity contribution in [3.05, 3.63) is 35.9 Å². The number of methoxy groups -OCH3 is 1. The van der Waals surface area contributed by atoms with E-state index in [9.17, 15) is 10.1 Å². The summed E-state index contributed by atoms with van der Waals surface area (Å²) < 4.78 is 4.77. The molecule has 0 radical (unpaired) electrons. The van der Waals surface area contributed by atoms with E-state index in [1.54, 1.807) is 0 Å². The number of carbonyl (C=O) groups is 1. The molecule has 1 aromatic carbocycles. The molecule has 1 heterocycles. The van der Waals surface area contributed by atoms with Crippen molar-refractivity contribution in [1.29, 1.82) is 5.26 Å². The van der Waals surface area contributed by atoms with E-state index in [2.05, 4.69) is 11.0 Å². The van der Waals surface area contributed by atoms with Crippen LogP contribution in [0.1, 0.15) is 17.9 Å². The molecule has 2 unspecified atom stereocenters. The summed E-state index contributed by atoms with van der Waals surface area (Å²) >= 11 is 0. The Morgan fingerprint density at radius 1 is 1.53 bits per heavy atom. The Balaban J connectivity index is 1.95. The predicted octanol–water partition coefficient (Wildman–Crippen LogP) is 1.79. The molecule has 0 saturated carbocycles. The predicted molar refractivity (Wildman–Crippen MR) is 71.4 cm³/mol. The van der Waals surface area contributed by atoms with Crippen LogP contribution in [0, 0.1) is 17.2 Å². The molecule has 0 aliphatic carbocycles. The van der Waals surface area contributed by atoms with E-state index in [4.69, 9.17) is 4.74 Å². The average molecular weight is 258 g/mol. The van der Waals surface area contributed by atoms with E-state index in [0.717, 1.165) is 18.5 Å². The van der Waals surface area contributed by atoms with Gasteiger partial charge in [0.1, 0.15) is 0 Å². The van der Waals surface area contributed by atoms with Crippen molar-refractivity contribution in [1.82, 2.24) is 4.90 Å². The van der Waals surface area contributed by atoms with E-state index < -0.39 is 0 Å². The lowest BCUT2D eigenvalue weighted by Gasteiger charge is -2.19. The zero-order chi connectivity index (χ0) is 13.7. The minimum atomic E-state index is -0.143. The van der Waals surface area contributed by atoms with E-state index in [1.165, 1.54) is 7.11 Å². The Morgan fingerprint density at radius 3 is 2.89 bits per heavy atom. The summed E-state index contributed by atoms with van der Waals surface area (Å²) in [4.78, 5) is 13.6. The summed E-state index contributed by atoms with van der Waals surface area (Å²) in [5.41, 5.74) is 1.03. The van der Waals surface area contributed by atoms with Crippen LogP contribution in [-0.4, -0.2) is 37.6 Å². The van der Waals surface area contributed by atoms with Gasteiger partial charge < -0.3 is 9.64 Å². The zero-order valence-electron chi connectivity index (χ0n) is 11.1. The van der Waals surface area contributed by atoms with Crippen molar-refractivity contribution in [3.63, 3.8) is 0 Å². The average Bonchev–Trinajstić information content (AvgIpc) is 2.93. The van der Waals surface area contributed by atoms with Crippen molar-refractivity contribution < 1.29 is 9.53 Å². The standard InChI is InChI=1S/C15H18N2O2/c1-19-15(18)13-7-8-17(10-13)11-14(9-16)12-5-3-2-4-6-12/h2-6,13-14H,7-8,10-11H2,1H3. The fourth-order valence-electron chi connectivity index (χ4n) is 2.52. The number of ether oxygens (including phenoxy) is 1. The van der Waals surface area contributed by atoms with Gasteiger partial charge in [-0.25, -0.2) is 0 Å². The first kappa shape index (κ1) is 13.6. The highest BCUT2D eigenvalue weighted by molar-refractivity contribution is 5.72. The van der Waals surface area contributed by atoms with Gasteiger partial charge in [0, 0.05) is 13.1 Å². The van der Waals surface area contributed by atoms with Gasteiger partial charge in [-0.3, -0.25) is 4.79 Å².